The summed E-state index contributed by atoms with van der Waals surface area (Å²) in [4.78, 5) is 0. The molecule has 1 heterocycles. The number of halogens is 6. The van der Waals surface area contributed by atoms with Gasteiger partial charge in [0, 0.05) is 6.20 Å². The summed E-state index contributed by atoms with van der Waals surface area (Å²) in [7, 11) is 0. The zero-order valence-corrected chi connectivity index (χ0v) is 12.8. The molecular weight excluding hydrogens is 368 g/mol. The third-order valence-corrected chi connectivity index (χ3v) is 2.96. The lowest BCUT2D eigenvalue weighted by atomic mass is 10.1. The van der Waals surface area contributed by atoms with Crippen LogP contribution in [0.3, 0.4) is 0 Å². The summed E-state index contributed by atoms with van der Waals surface area (Å²) in [5.41, 5.74) is 0.440. The van der Waals surface area contributed by atoms with Gasteiger partial charge in [-0.05, 0) is 35.4 Å². The number of ether oxygens (including phenoxy) is 2. The van der Waals surface area contributed by atoms with E-state index < -0.39 is 30.9 Å². The van der Waals surface area contributed by atoms with Gasteiger partial charge < -0.3 is 9.47 Å². The molecule has 0 saturated carbocycles. The largest absolute Gasteiger partial charge is 0.573 e. The van der Waals surface area contributed by atoms with Crippen molar-refractivity contribution in [2.24, 2.45) is 0 Å². The number of rotatable bonds is 3. The predicted octanol–water partition coefficient (Wildman–Crippen LogP) is 3.89. The molecule has 11 heteroatoms. The zero-order chi connectivity index (χ0) is 19.5. The van der Waals surface area contributed by atoms with E-state index in [1.807, 2.05) is 0 Å². The molecule has 0 fully saturated rings. The van der Waals surface area contributed by atoms with Crippen molar-refractivity contribution in [3.63, 3.8) is 0 Å². The first kappa shape index (κ1) is 19.3. The molecule has 2 N–H and O–H groups in total. The van der Waals surface area contributed by atoms with Crippen LogP contribution in [0, 0.1) is 10.8 Å². The van der Waals surface area contributed by atoms with Crippen LogP contribution in [0.1, 0.15) is 0 Å². The van der Waals surface area contributed by atoms with Crippen LogP contribution in [0.15, 0.2) is 42.6 Å². The molecule has 5 nitrogen and oxygen atoms in total. The second kappa shape index (κ2) is 7.10. The molecule has 1 aromatic heterocycles. The Morgan fingerprint density at radius 1 is 0.923 bits per heavy atom. The van der Waals surface area contributed by atoms with E-state index in [0.29, 0.717) is 11.1 Å². The molecule has 140 valence electrons. The predicted molar refractivity (Wildman–Crippen MR) is 77.5 cm³/mol. The van der Waals surface area contributed by atoms with E-state index in [1.165, 1.54) is 30.5 Å². The number of pyridine rings is 1. The van der Waals surface area contributed by atoms with Gasteiger partial charge in [0.05, 0.1) is 0 Å². The topological polar surface area (TPSA) is 71.1 Å². The monoisotopic (exact) mass is 379 g/mol. The minimum atomic E-state index is -4.83. The summed E-state index contributed by atoms with van der Waals surface area (Å²) in [6.07, 6.45) is -8.30. The van der Waals surface area contributed by atoms with Crippen molar-refractivity contribution >= 4 is 6.02 Å². The number of hydrogen-bond acceptors (Lipinski definition) is 4. The summed E-state index contributed by atoms with van der Waals surface area (Å²) in [5, 5.41) is 15.2. The Hall–Kier alpha value is -2.98. The fraction of sp³-hybridized carbons (Fsp3) is 0.200. The second-order valence-corrected chi connectivity index (χ2v) is 4.95. The number of hydrogen-bond donors (Lipinski definition) is 2. The van der Waals surface area contributed by atoms with E-state index in [2.05, 4.69) is 9.47 Å². The Balaban J connectivity index is 2.23. The quantitative estimate of drug-likeness (QED) is 0.483. The standard InChI is InChI=1S/C15H11F6N3O2/c16-14(17,18)8-25-13(23)24-7-10(3-6-12(24)22)9-1-4-11(5-2-9)26-15(19,20)21/h1-7,22-23H,8H2. The molecule has 0 amide bonds. The number of aromatic nitrogens is 1. The smallest absolute Gasteiger partial charge is 0.455 e. The molecule has 1 aromatic carbocycles. The molecule has 0 aliphatic heterocycles. The maximum absolute atomic E-state index is 12.2. The third kappa shape index (κ3) is 5.53. The van der Waals surface area contributed by atoms with Gasteiger partial charge in [-0.3, -0.25) is 15.4 Å². The highest BCUT2D eigenvalue weighted by atomic mass is 19.4. The first-order valence-electron chi connectivity index (χ1n) is 6.86. The lowest BCUT2D eigenvalue weighted by Crippen LogP contribution is -2.30. The van der Waals surface area contributed by atoms with Crippen molar-refractivity contribution < 1.29 is 35.8 Å². The molecule has 26 heavy (non-hydrogen) atoms. The molecule has 0 bridgehead atoms. The van der Waals surface area contributed by atoms with Crippen LogP contribution in [-0.4, -0.2) is 29.7 Å². The first-order valence-corrected chi connectivity index (χ1v) is 6.86. The summed E-state index contributed by atoms with van der Waals surface area (Å²) in [5.74, 6) is -0.438. The molecule has 0 atom stereocenters. The molecule has 0 unspecified atom stereocenters. The van der Waals surface area contributed by atoms with E-state index >= 15 is 0 Å². The number of nitrogens with zero attached hydrogens (tertiary/aromatic N) is 1. The minimum Gasteiger partial charge on any atom is -0.455 e. The van der Waals surface area contributed by atoms with Crippen LogP contribution in [0.25, 0.3) is 11.1 Å². The molecule has 0 saturated heterocycles. The van der Waals surface area contributed by atoms with E-state index in [-0.39, 0.29) is 5.49 Å². The van der Waals surface area contributed by atoms with Crippen molar-refractivity contribution in [1.82, 2.24) is 4.57 Å². The second-order valence-electron chi connectivity index (χ2n) is 4.95. The molecular formula is C15H11F6N3O2. The van der Waals surface area contributed by atoms with Gasteiger partial charge in [0.1, 0.15) is 11.2 Å². The van der Waals surface area contributed by atoms with Crippen LogP contribution < -0.4 is 10.2 Å². The third-order valence-electron chi connectivity index (χ3n) is 2.96. The maximum atomic E-state index is 12.2. The Kier molecular flexibility index (Phi) is 5.28. The number of benzene rings is 1. The molecule has 2 rings (SSSR count). The maximum Gasteiger partial charge on any atom is 0.573 e. The first-order chi connectivity index (χ1) is 11.9. The summed E-state index contributed by atoms with van der Waals surface area (Å²) >= 11 is 0. The average molecular weight is 379 g/mol. The molecule has 0 aliphatic rings. The van der Waals surface area contributed by atoms with Gasteiger partial charge >= 0.3 is 12.5 Å². The van der Waals surface area contributed by atoms with Crippen LogP contribution in [0.5, 0.6) is 5.75 Å². The number of alkyl halides is 6. The highest BCUT2D eigenvalue weighted by Gasteiger charge is 2.31. The van der Waals surface area contributed by atoms with Gasteiger partial charge in [0.25, 0.3) is 6.02 Å². The highest BCUT2D eigenvalue weighted by molar-refractivity contribution is 5.75. The molecule has 0 aliphatic carbocycles. The van der Waals surface area contributed by atoms with Gasteiger partial charge in [-0.2, -0.15) is 13.2 Å². The van der Waals surface area contributed by atoms with Gasteiger partial charge in [-0.15, -0.1) is 13.2 Å². The van der Waals surface area contributed by atoms with Crippen molar-refractivity contribution in [2.75, 3.05) is 6.61 Å². The Labute approximate surface area is 142 Å². The van der Waals surface area contributed by atoms with Gasteiger partial charge in [-0.1, -0.05) is 12.1 Å². The van der Waals surface area contributed by atoms with E-state index in [4.69, 9.17) is 10.8 Å². The summed E-state index contributed by atoms with van der Waals surface area (Å²) in [6.45, 7) is -1.69. The SMILES string of the molecule is N=C(OCC(F)(F)F)n1cc(-c2ccc(OC(F)(F)F)cc2)ccc1=N. The fourth-order valence-electron chi connectivity index (χ4n) is 1.91. The van der Waals surface area contributed by atoms with Crippen molar-refractivity contribution in [3.05, 3.63) is 48.1 Å². The molecule has 0 radical (unpaired) electrons. The lowest BCUT2D eigenvalue weighted by molar-refractivity contribution is -0.274. The number of nitrogens with one attached hydrogen (secondary N) is 2. The molecule has 2 aromatic rings. The fourth-order valence-corrected chi connectivity index (χ4v) is 1.91. The molecule has 0 spiro atoms. The van der Waals surface area contributed by atoms with Gasteiger partial charge in [-0.25, -0.2) is 0 Å². The average Bonchev–Trinajstić information content (AvgIpc) is 2.52. The van der Waals surface area contributed by atoms with Crippen LogP contribution in [0.2, 0.25) is 0 Å². The van der Waals surface area contributed by atoms with Gasteiger partial charge in [0.2, 0.25) is 0 Å². The summed E-state index contributed by atoms with van der Waals surface area (Å²) < 4.78 is 81.7. The van der Waals surface area contributed by atoms with Crippen molar-refractivity contribution in [1.29, 1.82) is 10.8 Å². The normalized spacial score (nSPS) is 11.9. The Bertz CT molecular complexity index is 840. The Morgan fingerprint density at radius 2 is 1.50 bits per heavy atom. The van der Waals surface area contributed by atoms with E-state index in [0.717, 1.165) is 16.7 Å². The van der Waals surface area contributed by atoms with Crippen molar-refractivity contribution in [3.8, 4) is 16.9 Å². The van der Waals surface area contributed by atoms with Gasteiger partial charge in [0.15, 0.2) is 6.61 Å². The van der Waals surface area contributed by atoms with E-state index in [9.17, 15) is 26.3 Å². The highest BCUT2D eigenvalue weighted by Crippen LogP contribution is 2.26. The minimum absolute atomic E-state index is 0.307. The van der Waals surface area contributed by atoms with E-state index in [1.54, 1.807) is 0 Å². The van der Waals surface area contributed by atoms with Crippen LogP contribution in [-0.2, 0) is 4.74 Å². The Morgan fingerprint density at radius 3 is 2.04 bits per heavy atom. The van der Waals surface area contributed by atoms with Crippen LogP contribution >= 0.6 is 0 Å². The summed E-state index contributed by atoms with van der Waals surface area (Å²) in [6, 6.07) is 6.44. The lowest BCUT2D eigenvalue weighted by Gasteiger charge is -2.13. The van der Waals surface area contributed by atoms with Crippen LogP contribution in [0.4, 0.5) is 26.3 Å². The zero-order valence-electron chi connectivity index (χ0n) is 12.8. The van der Waals surface area contributed by atoms with Crippen molar-refractivity contribution in [2.45, 2.75) is 12.5 Å².